The number of nitrogens with zero attached hydrogens (tertiary/aromatic N) is 1. The topological polar surface area (TPSA) is 43.1 Å². The molecule has 4 heteroatoms. The lowest BCUT2D eigenvalue weighted by molar-refractivity contribution is 0.0969. The molecule has 1 aromatic heterocycles. The van der Waals surface area contributed by atoms with E-state index in [0.717, 1.165) is 28.6 Å². The van der Waals surface area contributed by atoms with Crippen LogP contribution in [0.3, 0.4) is 0 Å². The maximum atomic E-state index is 11.9. The molecule has 1 heterocycles. The van der Waals surface area contributed by atoms with Gasteiger partial charge in [-0.25, -0.2) is 0 Å². The molecule has 0 atom stereocenters. The van der Waals surface area contributed by atoms with Crippen LogP contribution in [0.1, 0.15) is 29.0 Å². The average molecular weight is 292 g/mol. The average Bonchev–Trinajstić information content (AvgIpc) is 2.75. The van der Waals surface area contributed by atoms with Crippen LogP contribution < -0.4 is 0 Å². The quantitative estimate of drug-likeness (QED) is 0.806. The Morgan fingerprint density at radius 2 is 1.94 bits per heavy atom. The zero-order chi connectivity index (χ0) is 11.8. The number of rotatable bonds is 1. The number of carbonyl (C=O) groups excluding carboxylic acids is 1. The highest BCUT2D eigenvalue weighted by Crippen LogP contribution is 2.31. The fourth-order valence-corrected chi connectivity index (χ4v) is 2.39. The number of aryl methyl sites for hydroxylation is 1. The molecule has 1 aliphatic carbocycles. The molecule has 0 unspecified atom stereocenters. The van der Waals surface area contributed by atoms with Crippen molar-refractivity contribution in [2.75, 3.05) is 0 Å². The Hall–Kier alpha value is -1.42. The minimum Gasteiger partial charge on any atom is -0.360 e. The van der Waals surface area contributed by atoms with Crippen LogP contribution >= 0.6 is 15.9 Å². The SMILES string of the molecule is O=C1CCCc2onc(-c3ccc(Br)cc3)c21. The van der Waals surface area contributed by atoms with Crippen molar-refractivity contribution in [1.82, 2.24) is 5.16 Å². The highest BCUT2D eigenvalue weighted by atomic mass is 79.9. The molecule has 0 saturated heterocycles. The molecule has 1 aromatic carbocycles. The Morgan fingerprint density at radius 1 is 1.18 bits per heavy atom. The van der Waals surface area contributed by atoms with Crippen LogP contribution in [-0.2, 0) is 6.42 Å². The number of ketones is 1. The van der Waals surface area contributed by atoms with Gasteiger partial charge in [-0.05, 0) is 18.6 Å². The van der Waals surface area contributed by atoms with E-state index in [-0.39, 0.29) is 5.78 Å². The Labute approximate surface area is 107 Å². The van der Waals surface area contributed by atoms with E-state index in [2.05, 4.69) is 21.1 Å². The van der Waals surface area contributed by atoms with E-state index < -0.39 is 0 Å². The number of Topliss-reactive ketones (excluding diaryl/α,β-unsaturated/α-hetero) is 1. The highest BCUT2D eigenvalue weighted by Gasteiger charge is 2.26. The van der Waals surface area contributed by atoms with Gasteiger partial charge in [-0.2, -0.15) is 0 Å². The highest BCUT2D eigenvalue weighted by molar-refractivity contribution is 9.10. The summed E-state index contributed by atoms with van der Waals surface area (Å²) in [7, 11) is 0. The molecule has 3 nitrogen and oxygen atoms in total. The van der Waals surface area contributed by atoms with Crippen molar-refractivity contribution in [1.29, 1.82) is 0 Å². The zero-order valence-corrected chi connectivity index (χ0v) is 10.7. The minimum atomic E-state index is 0.144. The summed E-state index contributed by atoms with van der Waals surface area (Å²) in [5, 5.41) is 4.04. The molecule has 0 amide bonds. The van der Waals surface area contributed by atoms with Gasteiger partial charge in [0.25, 0.3) is 0 Å². The fraction of sp³-hybridized carbons (Fsp3) is 0.231. The van der Waals surface area contributed by atoms with Gasteiger partial charge in [0, 0.05) is 22.9 Å². The van der Waals surface area contributed by atoms with Crippen LogP contribution in [0.15, 0.2) is 33.3 Å². The van der Waals surface area contributed by atoms with Crippen molar-refractivity contribution in [3.63, 3.8) is 0 Å². The van der Waals surface area contributed by atoms with E-state index in [1.54, 1.807) is 0 Å². The zero-order valence-electron chi connectivity index (χ0n) is 9.07. The first kappa shape index (κ1) is 10.7. The van der Waals surface area contributed by atoms with Gasteiger partial charge in [-0.3, -0.25) is 4.79 Å². The molecule has 1 aliphatic rings. The lowest BCUT2D eigenvalue weighted by Gasteiger charge is -2.08. The molecule has 0 saturated carbocycles. The number of hydrogen-bond acceptors (Lipinski definition) is 3. The normalized spacial score (nSPS) is 14.8. The van der Waals surface area contributed by atoms with E-state index in [0.29, 0.717) is 17.7 Å². The van der Waals surface area contributed by atoms with Crippen molar-refractivity contribution >= 4 is 21.7 Å². The van der Waals surface area contributed by atoms with Gasteiger partial charge in [-0.1, -0.05) is 33.2 Å². The van der Waals surface area contributed by atoms with Crippen molar-refractivity contribution in [2.24, 2.45) is 0 Å². The monoisotopic (exact) mass is 291 g/mol. The molecule has 0 spiro atoms. The van der Waals surface area contributed by atoms with Gasteiger partial charge in [0.05, 0.1) is 5.56 Å². The summed E-state index contributed by atoms with van der Waals surface area (Å²) in [5.41, 5.74) is 2.28. The molecule has 0 aliphatic heterocycles. The minimum absolute atomic E-state index is 0.144. The van der Waals surface area contributed by atoms with Gasteiger partial charge < -0.3 is 4.52 Å². The van der Waals surface area contributed by atoms with Crippen molar-refractivity contribution < 1.29 is 9.32 Å². The van der Waals surface area contributed by atoms with E-state index in [9.17, 15) is 4.79 Å². The van der Waals surface area contributed by atoms with Crippen LogP contribution in [0.5, 0.6) is 0 Å². The first-order valence-corrected chi connectivity index (χ1v) is 6.32. The molecular weight excluding hydrogens is 282 g/mol. The van der Waals surface area contributed by atoms with Crippen LogP contribution in [0, 0.1) is 0 Å². The summed E-state index contributed by atoms with van der Waals surface area (Å²) in [5.74, 6) is 0.879. The molecule has 2 aromatic rings. The number of carbonyl (C=O) groups is 1. The molecule has 17 heavy (non-hydrogen) atoms. The Balaban J connectivity index is 2.12. The van der Waals surface area contributed by atoms with Crippen molar-refractivity contribution in [2.45, 2.75) is 19.3 Å². The standard InChI is InChI=1S/C13H10BrNO2/c14-9-6-4-8(5-7-9)13-12-10(16)2-1-3-11(12)17-15-13/h4-7H,1-3H2. The van der Waals surface area contributed by atoms with Crippen LogP contribution in [0.4, 0.5) is 0 Å². The van der Waals surface area contributed by atoms with Gasteiger partial charge >= 0.3 is 0 Å². The summed E-state index contributed by atoms with van der Waals surface area (Å²) < 4.78 is 6.26. The predicted octanol–water partition coefficient (Wildman–Crippen LogP) is 3.62. The van der Waals surface area contributed by atoms with E-state index >= 15 is 0 Å². The molecule has 0 radical (unpaired) electrons. The first-order valence-electron chi connectivity index (χ1n) is 5.53. The second kappa shape index (κ2) is 4.11. The number of halogens is 1. The Kier molecular flexibility index (Phi) is 2.59. The van der Waals surface area contributed by atoms with E-state index in [1.165, 1.54) is 0 Å². The van der Waals surface area contributed by atoms with Crippen LogP contribution in [0.25, 0.3) is 11.3 Å². The van der Waals surface area contributed by atoms with Crippen LogP contribution in [-0.4, -0.2) is 10.9 Å². The Bertz CT molecular complexity index is 572. The van der Waals surface area contributed by atoms with Crippen LogP contribution in [0.2, 0.25) is 0 Å². The second-order valence-electron chi connectivity index (χ2n) is 4.11. The van der Waals surface area contributed by atoms with Gasteiger partial charge in [-0.15, -0.1) is 0 Å². The Morgan fingerprint density at radius 3 is 2.71 bits per heavy atom. The molecule has 0 fully saturated rings. The summed E-state index contributed by atoms with van der Waals surface area (Å²) in [4.78, 5) is 11.9. The van der Waals surface area contributed by atoms with Gasteiger partial charge in [0.1, 0.15) is 11.5 Å². The smallest absolute Gasteiger partial charge is 0.168 e. The second-order valence-corrected chi connectivity index (χ2v) is 5.03. The fourth-order valence-electron chi connectivity index (χ4n) is 2.12. The molecule has 3 rings (SSSR count). The largest absolute Gasteiger partial charge is 0.360 e. The first-order chi connectivity index (χ1) is 8.25. The molecule has 0 N–H and O–H groups in total. The summed E-state index contributed by atoms with van der Waals surface area (Å²) in [6.07, 6.45) is 2.27. The van der Waals surface area contributed by atoms with Crippen molar-refractivity contribution in [3.05, 3.63) is 40.1 Å². The lowest BCUT2D eigenvalue weighted by atomic mass is 9.93. The van der Waals surface area contributed by atoms with Gasteiger partial charge in [0.15, 0.2) is 5.78 Å². The summed E-state index contributed by atoms with van der Waals surface area (Å²) in [6, 6.07) is 7.74. The third-order valence-electron chi connectivity index (χ3n) is 2.97. The molecular formula is C13H10BrNO2. The third kappa shape index (κ3) is 1.82. The maximum absolute atomic E-state index is 11.9. The number of fused-ring (bicyclic) bond motifs is 1. The summed E-state index contributed by atoms with van der Waals surface area (Å²) >= 11 is 3.38. The van der Waals surface area contributed by atoms with E-state index in [1.807, 2.05) is 24.3 Å². The predicted molar refractivity (Wildman–Crippen MR) is 66.9 cm³/mol. The summed E-state index contributed by atoms with van der Waals surface area (Å²) in [6.45, 7) is 0. The van der Waals surface area contributed by atoms with Crippen molar-refractivity contribution in [3.8, 4) is 11.3 Å². The number of benzene rings is 1. The lowest BCUT2D eigenvalue weighted by Crippen LogP contribution is -2.09. The van der Waals surface area contributed by atoms with Gasteiger partial charge in [0.2, 0.25) is 0 Å². The molecule has 0 bridgehead atoms. The number of aromatic nitrogens is 1. The third-order valence-corrected chi connectivity index (χ3v) is 3.50. The van der Waals surface area contributed by atoms with E-state index in [4.69, 9.17) is 4.52 Å². The molecule has 86 valence electrons. The number of hydrogen-bond donors (Lipinski definition) is 0. The maximum Gasteiger partial charge on any atom is 0.168 e.